The number of nitrogens with one attached hydrogen (secondary N) is 4. The van der Waals surface area contributed by atoms with Crippen molar-refractivity contribution in [3.05, 3.63) is 83.7 Å². The Morgan fingerprint density at radius 3 is 2.03 bits per heavy atom. The average molecular weight is 811 g/mol. The maximum Gasteiger partial charge on any atom is 0.407 e. The van der Waals surface area contributed by atoms with Gasteiger partial charge in [0.2, 0.25) is 11.8 Å². The number of benzene rings is 3. The normalized spacial score (nSPS) is 22.8. The highest BCUT2D eigenvalue weighted by Gasteiger charge is 2.41. The molecule has 4 aliphatic heterocycles. The smallest absolute Gasteiger partial charge is 0.407 e. The van der Waals surface area contributed by atoms with E-state index < -0.39 is 12.1 Å². The number of likely N-dealkylation sites (tertiary alicyclic amines) is 2. The van der Waals surface area contributed by atoms with Crippen molar-refractivity contribution in [3.63, 3.8) is 0 Å². The van der Waals surface area contributed by atoms with Crippen LogP contribution in [0.15, 0.2) is 60.9 Å². The molecule has 6 atom stereocenters. The molecular weight excluding hydrogens is 753 g/mol. The van der Waals surface area contributed by atoms with Gasteiger partial charge >= 0.3 is 6.09 Å². The van der Waals surface area contributed by atoms with Gasteiger partial charge < -0.3 is 35.1 Å². The third-order valence-electron chi connectivity index (χ3n) is 13.3. The highest BCUT2D eigenvalue weighted by molar-refractivity contribution is 5.92. The minimum atomic E-state index is -0.682. The molecule has 12 nitrogen and oxygen atoms in total. The monoisotopic (exact) mass is 810 g/mol. The number of carbonyl (C=O) groups is 3. The van der Waals surface area contributed by atoms with Gasteiger partial charge in [-0.05, 0) is 101 Å². The molecule has 3 aromatic carbocycles. The Bertz CT molecular complexity index is 2430. The number of fused-ring (bicyclic) bond motifs is 6. The van der Waals surface area contributed by atoms with Crippen molar-refractivity contribution in [3.8, 4) is 33.6 Å². The van der Waals surface area contributed by atoms with Crippen molar-refractivity contribution >= 4 is 28.7 Å². The molecule has 60 heavy (non-hydrogen) atoms. The van der Waals surface area contributed by atoms with E-state index >= 15 is 0 Å². The van der Waals surface area contributed by atoms with Crippen LogP contribution in [0.1, 0.15) is 127 Å². The van der Waals surface area contributed by atoms with Gasteiger partial charge in [0.25, 0.3) is 0 Å². The van der Waals surface area contributed by atoms with Gasteiger partial charge in [-0.1, -0.05) is 71.0 Å². The molecule has 9 rings (SSSR count). The molecule has 12 heteroatoms. The lowest BCUT2D eigenvalue weighted by atomic mass is 9.87. The van der Waals surface area contributed by atoms with Gasteiger partial charge in [-0.2, -0.15) is 0 Å². The Kier molecular flexibility index (Phi) is 10.8. The molecular formula is C48H58N8O4. The molecule has 4 aliphatic rings. The first-order chi connectivity index (χ1) is 29.0. The summed E-state index contributed by atoms with van der Waals surface area (Å²) in [5.41, 5.74) is 9.31. The second-order valence-electron chi connectivity index (χ2n) is 18.4. The number of piperidine rings is 1. The van der Waals surface area contributed by atoms with Crippen LogP contribution in [0.2, 0.25) is 0 Å². The summed E-state index contributed by atoms with van der Waals surface area (Å²) < 4.78 is 4.83. The maximum absolute atomic E-state index is 13.8. The summed E-state index contributed by atoms with van der Waals surface area (Å²) in [6.45, 7) is 11.8. The summed E-state index contributed by atoms with van der Waals surface area (Å²) in [6.07, 6.45) is 9.53. The van der Waals surface area contributed by atoms with E-state index in [1.807, 2.05) is 36.0 Å². The molecule has 0 spiro atoms. The van der Waals surface area contributed by atoms with E-state index in [2.05, 4.69) is 89.9 Å². The van der Waals surface area contributed by atoms with E-state index in [1.54, 1.807) is 0 Å². The summed E-state index contributed by atoms with van der Waals surface area (Å²) in [6, 6.07) is 17.5. The van der Waals surface area contributed by atoms with Crippen molar-refractivity contribution in [2.24, 2.45) is 17.8 Å². The minimum Gasteiger partial charge on any atom is -0.453 e. The zero-order valence-corrected chi connectivity index (χ0v) is 35.7. The fourth-order valence-corrected chi connectivity index (χ4v) is 10.4. The van der Waals surface area contributed by atoms with Crippen molar-refractivity contribution in [1.29, 1.82) is 0 Å². The van der Waals surface area contributed by atoms with Gasteiger partial charge in [0.05, 0.1) is 43.0 Å². The Hall–Kier alpha value is -5.49. The zero-order chi connectivity index (χ0) is 41.8. The molecule has 0 aliphatic carbocycles. The van der Waals surface area contributed by atoms with E-state index in [-0.39, 0.29) is 41.9 Å². The van der Waals surface area contributed by atoms with Crippen molar-refractivity contribution in [2.45, 2.75) is 110 Å². The van der Waals surface area contributed by atoms with Crippen LogP contribution >= 0.6 is 0 Å². The molecule has 3 amide bonds. The van der Waals surface area contributed by atoms with Crippen LogP contribution < -0.4 is 10.6 Å². The molecule has 3 saturated heterocycles. The standard InChI is InChI=1S/C48H58N8O4/c1-26(2)19-41(57)55-17-7-9-39(55)45-49-24-37(52-45)32-14-12-29-22-31(13-11-30(29)23-32)33-15-16-34(43-36-21-28(5)20-35(51-36)42(33)43)38-25-50-46(53-38)40-10-8-18-56(40)47(58)44(27(3)4)54-48(59)60-6/h11-16,22-28,35-36,39-40,44,51H,7-10,17-21H2,1-6H3,(H,49,52)(H,50,53)(H,54,59)/t28?,35?,36?,39?,40-,44?/m0/s1. The van der Waals surface area contributed by atoms with Crippen LogP contribution in [-0.2, 0) is 14.3 Å². The van der Waals surface area contributed by atoms with Crippen LogP contribution in [0.4, 0.5) is 4.79 Å². The lowest BCUT2D eigenvalue weighted by molar-refractivity contribution is -0.135. The maximum atomic E-state index is 13.8. The predicted octanol–water partition coefficient (Wildman–Crippen LogP) is 9.16. The van der Waals surface area contributed by atoms with Crippen molar-refractivity contribution in [2.75, 3.05) is 20.2 Å². The van der Waals surface area contributed by atoms with Crippen LogP contribution in [0.25, 0.3) is 44.4 Å². The van der Waals surface area contributed by atoms with E-state index in [1.165, 1.54) is 34.7 Å². The fraction of sp³-hybridized carbons (Fsp3) is 0.479. The first-order valence-corrected chi connectivity index (χ1v) is 22.0. The van der Waals surface area contributed by atoms with Gasteiger partial charge in [-0.25, -0.2) is 14.8 Å². The first-order valence-electron chi connectivity index (χ1n) is 22.0. The van der Waals surface area contributed by atoms with Gasteiger partial charge in [-0.3, -0.25) is 9.59 Å². The molecule has 5 unspecified atom stereocenters. The van der Waals surface area contributed by atoms with Crippen LogP contribution in [-0.4, -0.2) is 73.9 Å². The number of alkyl carbamates (subject to hydrolysis) is 1. The number of hydrogen-bond acceptors (Lipinski definition) is 7. The SMILES string of the molecule is COC(=O)NC(C(=O)N1CCC[C@H]1c1ncc(-c2ccc(-c3ccc4cc(-c5cnc(C6CCCN6C(=O)CC(C)C)[nH]5)ccc4c3)c3c2C2CC(C)CC3N2)[nH]1)C(C)C. The highest BCUT2D eigenvalue weighted by Crippen LogP contribution is 2.52. The lowest BCUT2D eigenvalue weighted by Crippen LogP contribution is -2.51. The largest absolute Gasteiger partial charge is 0.453 e. The summed E-state index contributed by atoms with van der Waals surface area (Å²) in [5, 5.41) is 9.06. The number of aromatic nitrogens is 4. The Morgan fingerprint density at radius 2 is 1.37 bits per heavy atom. The second-order valence-corrected chi connectivity index (χ2v) is 18.4. The number of nitrogens with zero attached hydrogens (tertiary/aromatic N) is 4. The summed E-state index contributed by atoms with van der Waals surface area (Å²) in [7, 11) is 1.31. The van der Waals surface area contributed by atoms with Gasteiger partial charge in [0.1, 0.15) is 17.7 Å². The number of hydrogen-bond donors (Lipinski definition) is 4. The van der Waals surface area contributed by atoms with Gasteiger partial charge in [0, 0.05) is 42.7 Å². The third kappa shape index (κ3) is 7.37. The molecule has 3 fully saturated rings. The Labute approximate surface area is 352 Å². The Morgan fingerprint density at radius 1 is 0.783 bits per heavy atom. The van der Waals surface area contributed by atoms with Crippen LogP contribution in [0.5, 0.6) is 0 Å². The summed E-state index contributed by atoms with van der Waals surface area (Å²) in [4.78, 5) is 59.7. The third-order valence-corrected chi connectivity index (χ3v) is 13.3. The molecule has 0 radical (unpaired) electrons. The number of H-pyrrole nitrogens is 2. The second kappa shape index (κ2) is 16.2. The molecule has 6 heterocycles. The number of methoxy groups -OCH3 is 1. The molecule has 2 aromatic heterocycles. The summed E-state index contributed by atoms with van der Waals surface area (Å²) >= 11 is 0. The number of aromatic amines is 2. The molecule has 314 valence electrons. The highest BCUT2D eigenvalue weighted by atomic mass is 16.5. The lowest BCUT2D eigenvalue weighted by Gasteiger charge is -2.30. The number of carbonyl (C=O) groups excluding carboxylic acids is 3. The summed E-state index contributed by atoms with van der Waals surface area (Å²) in [5.74, 6) is 2.56. The number of rotatable bonds is 10. The topological polar surface area (TPSA) is 148 Å². The molecule has 5 aromatic rings. The van der Waals surface area contributed by atoms with E-state index in [0.717, 1.165) is 84.6 Å². The quantitative estimate of drug-likeness (QED) is 0.110. The molecule has 4 N–H and O–H groups in total. The van der Waals surface area contributed by atoms with Gasteiger partial charge in [0.15, 0.2) is 0 Å². The minimum absolute atomic E-state index is 0.00238. The molecule has 0 saturated carbocycles. The number of amides is 3. The van der Waals surface area contributed by atoms with E-state index in [9.17, 15) is 14.4 Å². The van der Waals surface area contributed by atoms with Crippen molar-refractivity contribution in [1.82, 2.24) is 40.4 Å². The zero-order valence-electron chi connectivity index (χ0n) is 35.7. The number of imidazole rings is 2. The predicted molar refractivity (Wildman–Crippen MR) is 233 cm³/mol. The van der Waals surface area contributed by atoms with Crippen LogP contribution in [0, 0.1) is 17.8 Å². The first kappa shape index (κ1) is 39.9. The fourth-order valence-electron chi connectivity index (χ4n) is 10.4. The van der Waals surface area contributed by atoms with E-state index in [0.29, 0.717) is 24.8 Å². The van der Waals surface area contributed by atoms with Crippen molar-refractivity contribution < 1.29 is 19.1 Å². The van der Waals surface area contributed by atoms with E-state index in [4.69, 9.17) is 14.7 Å². The van der Waals surface area contributed by atoms with Gasteiger partial charge in [-0.15, -0.1) is 0 Å². The Balaban J connectivity index is 0.993. The average Bonchev–Trinajstić information content (AvgIpc) is 4.09. The van der Waals surface area contributed by atoms with Crippen LogP contribution in [0.3, 0.4) is 0 Å². The molecule has 2 bridgehead atoms. The number of ether oxygens (including phenoxy) is 1.